The second-order valence-corrected chi connectivity index (χ2v) is 12.5. The van der Waals surface area contributed by atoms with Crippen LogP contribution in [0.25, 0.3) is 75.7 Å². The SMILES string of the molecule is CCC(CC)n1c(=O)c2ccc3c4c(Br)cc5c(=O)n(C(CC)CC)c(=O)c6cc7[nH]c8cc(c1=O)c2c3c8c7c4c56. The summed E-state index contributed by atoms with van der Waals surface area (Å²) in [5.74, 6) is 0. The zero-order chi connectivity index (χ0) is 29.4. The largest absolute Gasteiger partial charge is 0.354 e. The Bertz CT molecular complexity index is 2620. The predicted octanol–water partition coefficient (Wildman–Crippen LogP) is 7.37. The molecule has 0 atom stereocenters. The van der Waals surface area contributed by atoms with Gasteiger partial charge in [-0.1, -0.05) is 49.7 Å². The summed E-state index contributed by atoms with van der Waals surface area (Å²) in [6.45, 7) is 7.98. The highest BCUT2D eigenvalue weighted by Gasteiger charge is 2.29. The molecule has 0 saturated carbocycles. The van der Waals surface area contributed by atoms with E-state index in [-0.39, 0.29) is 34.3 Å². The first kappa shape index (κ1) is 25.7. The summed E-state index contributed by atoms with van der Waals surface area (Å²) in [4.78, 5) is 59.3. The van der Waals surface area contributed by atoms with E-state index in [1.54, 1.807) is 0 Å². The van der Waals surface area contributed by atoms with Gasteiger partial charge in [0, 0.05) is 76.1 Å². The van der Waals surface area contributed by atoms with Gasteiger partial charge in [-0.05, 0) is 55.3 Å². The van der Waals surface area contributed by atoms with E-state index < -0.39 is 0 Å². The van der Waals surface area contributed by atoms with E-state index in [9.17, 15) is 19.2 Å². The van der Waals surface area contributed by atoms with Crippen molar-refractivity contribution >= 4 is 91.6 Å². The van der Waals surface area contributed by atoms with Crippen molar-refractivity contribution in [2.75, 3.05) is 0 Å². The van der Waals surface area contributed by atoms with E-state index in [2.05, 4.69) is 20.9 Å². The highest BCUT2D eigenvalue weighted by atomic mass is 79.9. The molecule has 0 fully saturated rings. The smallest absolute Gasteiger partial charge is 0.261 e. The van der Waals surface area contributed by atoms with Gasteiger partial charge in [-0.25, -0.2) is 0 Å². The average molecular weight is 623 g/mol. The summed E-state index contributed by atoms with van der Waals surface area (Å²) in [5, 5.41) is 8.70. The number of fused-ring (bicyclic) bond motifs is 1. The maximum absolute atomic E-state index is 14.0. The Kier molecular flexibility index (Phi) is 5.20. The fourth-order valence-corrected chi connectivity index (χ4v) is 8.50. The molecule has 3 aromatic heterocycles. The molecule has 42 heavy (non-hydrogen) atoms. The lowest BCUT2D eigenvalue weighted by Gasteiger charge is -2.21. The maximum atomic E-state index is 14.0. The molecule has 7 nitrogen and oxygen atoms in total. The molecule has 0 spiro atoms. The van der Waals surface area contributed by atoms with Gasteiger partial charge in [0.25, 0.3) is 22.2 Å². The van der Waals surface area contributed by atoms with Crippen LogP contribution in [0.15, 0.2) is 54.0 Å². The molecule has 0 radical (unpaired) electrons. The number of H-pyrrole nitrogens is 1. The van der Waals surface area contributed by atoms with Gasteiger partial charge in [-0.3, -0.25) is 28.3 Å². The molecule has 0 saturated heterocycles. The lowest BCUT2D eigenvalue weighted by Crippen LogP contribution is -2.36. The molecule has 8 heteroatoms. The number of nitrogens with zero attached hydrogens (tertiary/aromatic N) is 2. The highest BCUT2D eigenvalue weighted by molar-refractivity contribution is 9.10. The minimum absolute atomic E-state index is 0.183. The first-order chi connectivity index (χ1) is 20.3. The van der Waals surface area contributed by atoms with E-state index in [1.807, 2.05) is 58.0 Å². The minimum atomic E-state index is -0.276. The van der Waals surface area contributed by atoms with Crippen molar-refractivity contribution in [1.82, 2.24) is 14.1 Å². The third kappa shape index (κ3) is 2.81. The van der Waals surface area contributed by atoms with Crippen LogP contribution in [0, 0.1) is 0 Å². The van der Waals surface area contributed by atoms with Crippen LogP contribution in [0.3, 0.4) is 0 Å². The second kappa shape index (κ2) is 8.51. The van der Waals surface area contributed by atoms with Crippen molar-refractivity contribution in [2.24, 2.45) is 0 Å². The molecule has 0 aliphatic heterocycles. The Morgan fingerprint density at radius 3 is 1.50 bits per heavy atom. The number of nitrogens with one attached hydrogen (secondary N) is 1. The number of rotatable bonds is 6. The molecule has 8 rings (SSSR count). The number of aromatic nitrogens is 3. The third-order valence-corrected chi connectivity index (χ3v) is 10.5. The second-order valence-electron chi connectivity index (χ2n) is 11.7. The molecule has 0 aliphatic carbocycles. The summed E-state index contributed by atoms with van der Waals surface area (Å²) in [6, 6.07) is 8.99. The quantitative estimate of drug-likeness (QED) is 0.155. The van der Waals surface area contributed by atoms with Gasteiger partial charge in [0.15, 0.2) is 0 Å². The van der Waals surface area contributed by atoms with Crippen molar-refractivity contribution in [1.29, 1.82) is 0 Å². The molecule has 0 bridgehead atoms. The Balaban J connectivity index is 1.69. The monoisotopic (exact) mass is 621 g/mol. The molecule has 0 amide bonds. The Labute approximate surface area is 246 Å². The first-order valence-electron chi connectivity index (χ1n) is 14.8. The van der Waals surface area contributed by atoms with Gasteiger partial charge >= 0.3 is 0 Å². The summed E-state index contributed by atoms with van der Waals surface area (Å²) in [6.07, 6.45) is 2.72. The van der Waals surface area contributed by atoms with Crippen molar-refractivity contribution in [2.45, 2.75) is 65.5 Å². The normalized spacial score (nSPS) is 13.1. The molecule has 1 N–H and O–H groups in total. The number of aromatic amines is 1. The van der Waals surface area contributed by atoms with Gasteiger partial charge in [0.05, 0.1) is 10.8 Å². The summed E-state index contributed by atoms with van der Waals surface area (Å²) in [7, 11) is 0. The van der Waals surface area contributed by atoms with Crippen molar-refractivity contribution in [3.05, 3.63) is 76.2 Å². The fourth-order valence-electron chi connectivity index (χ4n) is 7.86. The maximum Gasteiger partial charge on any atom is 0.261 e. The third-order valence-electron chi connectivity index (χ3n) is 9.84. The molecular formula is C34H28BrN3O4. The zero-order valence-corrected chi connectivity index (χ0v) is 25.4. The van der Waals surface area contributed by atoms with Crippen molar-refractivity contribution in [3.8, 4) is 0 Å². The van der Waals surface area contributed by atoms with Crippen LogP contribution in [0.2, 0.25) is 0 Å². The van der Waals surface area contributed by atoms with Gasteiger partial charge < -0.3 is 4.98 Å². The number of hydrogen-bond donors (Lipinski definition) is 1. The summed E-state index contributed by atoms with van der Waals surface area (Å²) in [5.41, 5.74) is 0.471. The Morgan fingerprint density at radius 1 is 0.548 bits per heavy atom. The zero-order valence-electron chi connectivity index (χ0n) is 23.8. The standard InChI is InChI=1S/C34H28BrN3O4/c1-5-14(6-2)37-31(39)17-10-9-16-26-21(35)11-18-25-20(34(42)38(32(18)40)15(7-3)8-4)13-23-29(30(25)26)28-22(36-23)12-19(33(37)41)24(17)27(16)28/h9-15,36H,5-8H2,1-4H3. The van der Waals surface area contributed by atoms with Crippen LogP contribution in [0.5, 0.6) is 0 Å². The molecule has 3 heterocycles. The van der Waals surface area contributed by atoms with Crippen LogP contribution < -0.4 is 22.2 Å². The van der Waals surface area contributed by atoms with Gasteiger partial charge in [0.1, 0.15) is 0 Å². The Morgan fingerprint density at radius 2 is 0.976 bits per heavy atom. The summed E-state index contributed by atoms with van der Waals surface area (Å²) >= 11 is 3.80. The fraction of sp³-hybridized carbons (Fsp3) is 0.294. The van der Waals surface area contributed by atoms with Crippen LogP contribution in [0.4, 0.5) is 0 Å². The van der Waals surface area contributed by atoms with Crippen molar-refractivity contribution in [3.63, 3.8) is 0 Å². The molecule has 8 aromatic rings. The van der Waals surface area contributed by atoms with Crippen LogP contribution in [-0.4, -0.2) is 14.1 Å². The molecular weight excluding hydrogens is 594 g/mol. The van der Waals surface area contributed by atoms with E-state index in [0.29, 0.717) is 58.0 Å². The predicted molar refractivity (Wildman–Crippen MR) is 176 cm³/mol. The van der Waals surface area contributed by atoms with Gasteiger partial charge in [-0.2, -0.15) is 0 Å². The van der Waals surface area contributed by atoms with Crippen LogP contribution in [0.1, 0.15) is 65.5 Å². The van der Waals surface area contributed by atoms with Gasteiger partial charge in [-0.15, -0.1) is 0 Å². The van der Waals surface area contributed by atoms with Crippen LogP contribution >= 0.6 is 15.9 Å². The molecule has 5 aromatic carbocycles. The first-order valence-corrected chi connectivity index (χ1v) is 15.6. The number of benzene rings is 5. The minimum Gasteiger partial charge on any atom is -0.354 e. The van der Waals surface area contributed by atoms with E-state index >= 15 is 0 Å². The number of hydrogen-bond acceptors (Lipinski definition) is 4. The number of halogens is 1. The van der Waals surface area contributed by atoms with Gasteiger partial charge in [0.2, 0.25) is 0 Å². The highest BCUT2D eigenvalue weighted by Crippen LogP contribution is 2.50. The van der Waals surface area contributed by atoms with E-state index in [0.717, 1.165) is 47.8 Å². The topological polar surface area (TPSA) is 93.9 Å². The van der Waals surface area contributed by atoms with E-state index in [4.69, 9.17) is 0 Å². The summed E-state index contributed by atoms with van der Waals surface area (Å²) < 4.78 is 3.60. The van der Waals surface area contributed by atoms with E-state index in [1.165, 1.54) is 9.13 Å². The molecule has 0 unspecified atom stereocenters. The lowest BCUT2D eigenvalue weighted by molar-refractivity contribution is 0.451. The molecule has 0 aliphatic rings. The Hall–Kier alpha value is -4.04. The lowest BCUT2D eigenvalue weighted by atomic mass is 9.86. The van der Waals surface area contributed by atoms with Crippen molar-refractivity contribution < 1.29 is 0 Å². The average Bonchev–Trinajstić information content (AvgIpc) is 3.37. The number of pyridine rings is 2. The molecule has 210 valence electrons. The van der Waals surface area contributed by atoms with Crippen LogP contribution in [-0.2, 0) is 0 Å².